The molecule has 0 saturated carbocycles. The van der Waals surface area contributed by atoms with Crippen LogP contribution in [0.25, 0.3) is 6.08 Å². The highest BCUT2D eigenvalue weighted by Gasteiger charge is 2.16. The van der Waals surface area contributed by atoms with Crippen LogP contribution in [0.5, 0.6) is 0 Å². The zero-order chi connectivity index (χ0) is 19.9. The minimum absolute atomic E-state index is 0.0946. The van der Waals surface area contributed by atoms with Crippen LogP contribution in [0.2, 0.25) is 5.02 Å². The molecule has 0 saturated heterocycles. The molecular weight excluding hydrogens is 376 g/mol. The number of furan rings is 1. The molecule has 5 nitrogen and oxygen atoms in total. The van der Waals surface area contributed by atoms with Crippen LogP contribution in [0.3, 0.4) is 0 Å². The highest BCUT2D eigenvalue weighted by Crippen LogP contribution is 2.12. The van der Waals surface area contributed by atoms with Gasteiger partial charge in [0.05, 0.1) is 6.26 Å². The monoisotopic (exact) mass is 394 g/mol. The second-order valence-electron chi connectivity index (χ2n) is 6.15. The van der Waals surface area contributed by atoms with E-state index < -0.39 is 5.91 Å². The quantitative estimate of drug-likeness (QED) is 0.611. The van der Waals surface area contributed by atoms with Gasteiger partial charge in [-0.1, -0.05) is 41.9 Å². The van der Waals surface area contributed by atoms with Gasteiger partial charge in [0.15, 0.2) is 0 Å². The van der Waals surface area contributed by atoms with E-state index in [4.69, 9.17) is 16.0 Å². The first-order chi connectivity index (χ1) is 13.5. The van der Waals surface area contributed by atoms with Crippen LogP contribution in [-0.2, 0) is 11.3 Å². The zero-order valence-electron chi connectivity index (χ0n) is 15.2. The van der Waals surface area contributed by atoms with Crippen molar-refractivity contribution in [1.29, 1.82) is 0 Å². The highest BCUT2D eigenvalue weighted by molar-refractivity contribution is 6.30. The van der Waals surface area contributed by atoms with E-state index in [1.54, 1.807) is 36.4 Å². The minimum Gasteiger partial charge on any atom is -0.465 e. The molecule has 0 bridgehead atoms. The first-order valence-electron chi connectivity index (χ1n) is 8.68. The molecule has 0 atom stereocenters. The molecule has 1 heterocycles. The fraction of sp³-hybridized carbons (Fsp3) is 0.0909. The lowest BCUT2D eigenvalue weighted by Gasteiger charge is -2.12. The molecule has 142 valence electrons. The van der Waals surface area contributed by atoms with Gasteiger partial charge >= 0.3 is 0 Å². The van der Waals surface area contributed by atoms with Crippen molar-refractivity contribution < 1.29 is 14.0 Å². The summed E-state index contributed by atoms with van der Waals surface area (Å²) in [6, 6.07) is 17.7. The Morgan fingerprint density at radius 1 is 1.04 bits per heavy atom. The lowest BCUT2D eigenvalue weighted by Crippen LogP contribution is -2.34. The molecule has 0 aliphatic carbocycles. The van der Waals surface area contributed by atoms with Crippen LogP contribution in [-0.4, -0.2) is 11.8 Å². The predicted molar refractivity (Wildman–Crippen MR) is 109 cm³/mol. The lowest BCUT2D eigenvalue weighted by atomic mass is 10.1. The summed E-state index contributed by atoms with van der Waals surface area (Å²) >= 11 is 5.88. The maximum atomic E-state index is 12.7. The summed E-state index contributed by atoms with van der Waals surface area (Å²) in [6.45, 7) is 2.14. The molecule has 1 aromatic heterocycles. The van der Waals surface area contributed by atoms with Gasteiger partial charge < -0.3 is 15.1 Å². The van der Waals surface area contributed by atoms with E-state index in [9.17, 15) is 9.59 Å². The number of aryl methyl sites for hydroxylation is 1. The van der Waals surface area contributed by atoms with Gasteiger partial charge in [0.25, 0.3) is 11.8 Å². The van der Waals surface area contributed by atoms with E-state index in [2.05, 4.69) is 10.6 Å². The third kappa shape index (κ3) is 5.11. The van der Waals surface area contributed by atoms with E-state index in [1.165, 1.54) is 12.3 Å². The second kappa shape index (κ2) is 9.06. The molecule has 0 unspecified atom stereocenters. The standard InChI is InChI=1S/C22H19ClN2O3/c1-15-5-2-3-7-19(15)21(26)25-20(13-18-6-4-12-28-18)22(27)24-14-16-8-10-17(23)11-9-16/h2-13H,14H2,1H3,(H,24,27)(H,25,26)/b20-13-. The number of hydrogen-bond donors (Lipinski definition) is 2. The van der Waals surface area contributed by atoms with Crippen LogP contribution >= 0.6 is 11.6 Å². The molecule has 0 radical (unpaired) electrons. The Labute approximate surface area is 168 Å². The van der Waals surface area contributed by atoms with Gasteiger partial charge in [-0.15, -0.1) is 0 Å². The van der Waals surface area contributed by atoms with Gasteiger partial charge in [-0.05, 0) is 48.4 Å². The van der Waals surface area contributed by atoms with Gasteiger partial charge in [0.1, 0.15) is 11.5 Å². The average Bonchev–Trinajstić information content (AvgIpc) is 3.20. The second-order valence-corrected chi connectivity index (χ2v) is 6.59. The first kappa shape index (κ1) is 19.5. The Morgan fingerprint density at radius 2 is 1.79 bits per heavy atom. The Bertz CT molecular complexity index is 993. The Morgan fingerprint density at radius 3 is 2.46 bits per heavy atom. The summed E-state index contributed by atoms with van der Waals surface area (Å²) in [4.78, 5) is 25.3. The Kier molecular flexibility index (Phi) is 6.29. The van der Waals surface area contributed by atoms with Crippen LogP contribution in [0.4, 0.5) is 0 Å². The molecule has 6 heteroatoms. The number of hydrogen-bond acceptors (Lipinski definition) is 3. The number of carbonyl (C=O) groups is 2. The van der Waals surface area contributed by atoms with Gasteiger partial charge in [-0.2, -0.15) is 0 Å². The van der Waals surface area contributed by atoms with Crippen LogP contribution in [0.1, 0.15) is 27.2 Å². The van der Waals surface area contributed by atoms with Crippen molar-refractivity contribution >= 4 is 29.5 Å². The van der Waals surface area contributed by atoms with E-state index in [1.807, 2.05) is 31.2 Å². The van der Waals surface area contributed by atoms with Crippen molar-refractivity contribution in [3.8, 4) is 0 Å². The Hall–Kier alpha value is -3.31. The molecule has 2 amide bonds. The van der Waals surface area contributed by atoms with Gasteiger partial charge in [-0.25, -0.2) is 0 Å². The molecule has 28 heavy (non-hydrogen) atoms. The van der Waals surface area contributed by atoms with Crippen molar-refractivity contribution in [2.45, 2.75) is 13.5 Å². The molecule has 0 spiro atoms. The molecule has 3 rings (SSSR count). The van der Waals surface area contributed by atoms with Crippen molar-refractivity contribution in [3.05, 3.63) is 100 Å². The van der Waals surface area contributed by atoms with E-state index >= 15 is 0 Å². The van der Waals surface area contributed by atoms with Gasteiger partial charge in [-0.3, -0.25) is 9.59 Å². The van der Waals surface area contributed by atoms with Gasteiger partial charge in [0.2, 0.25) is 0 Å². The normalized spacial score (nSPS) is 11.1. The fourth-order valence-electron chi connectivity index (χ4n) is 2.57. The number of benzene rings is 2. The molecular formula is C22H19ClN2O3. The smallest absolute Gasteiger partial charge is 0.268 e. The third-order valence-electron chi connectivity index (χ3n) is 4.08. The van der Waals surface area contributed by atoms with Crippen molar-refractivity contribution in [1.82, 2.24) is 10.6 Å². The average molecular weight is 395 g/mol. The largest absolute Gasteiger partial charge is 0.465 e. The fourth-order valence-corrected chi connectivity index (χ4v) is 2.70. The zero-order valence-corrected chi connectivity index (χ0v) is 16.0. The summed E-state index contributed by atoms with van der Waals surface area (Å²) in [7, 11) is 0. The van der Waals surface area contributed by atoms with Crippen LogP contribution in [0, 0.1) is 6.92 Å². The van der Waals surface area contributed by atoms with Crippen molar-refractivity contribution in [2.24, 2.45) is 0 Å². The topological polar surface area (TPSA) is 71.3 Å². The summed E-state index contributed by atoms with van der Waals surface area (Å²) in [5.74, 6) is -0.326. The van der Waals surface area contributed by atoms with Crippen molar-refractivity contribution in [2.75, 3.05) is 0 Å². The molecule has 2 aromatic carbocycles. The molecule has 3 aromatic rings. The maximum absolute atomic E-state index is 12.7. The predicted octanol–water partition coefficient (Wildman–Crippen LogP) is 4.33. The molecule has 0 aliphatic heterocycles. The summed E-state index contributed by atoms with van der Waals surface area (Å²) < 4.78 is 5.28. The van der Waals surface area contributed by atoms with E-state index in [0.29, 0.717) is 22.9 Å². The molecule has 0 aliphatic rings. The number of amides is 2. The van der Waals surface area contributed by atoms with Crippen molar-refractivity contribution in [3.63, 3.8) is 0 Å². The summed E-state index contributed by atoms with van der Waals surface area (Å²) in [5.41, 5.74) is 2.30. The molecule has 2 N–H and O–H groups in total. The minimum atomic E-state index is -0.423. The number of carbonyl (C=O) groups excluding carboxylic acids is 2. The third-order valence-corrected chi connectivity index (χ3v) is 4.33. The molecule has 0 fully saturated rings. The number of rotatable bonds is 6. The van der Waals surface area contributed by atoms with Crippen LogP contribution in [0.15, 0.2) is 77.0 Å². The SMILES string of the molecule is Cc1ccccc1C(=O)N/C(=C\c1ccco1)C(=O)NCc1ccc(Cl)cc1. The number of nitrogens with one attached hydrogen (secondary N) is 2. The lowest BCUT2D eigenvalue weighted by molar-refractivity contribution is -0.117. The van der Waals surface area contributed by atoms with E-state index in [-0.39, 0.29) is 11.6 Å². The first-order valence-corrected chi connectivity index (χ1v) is 9.05. The van der Waals surface area contributed by atoms with Gasteiger partial charge in [0, 0.05) is 23.2 Å². The number of halogens is 1. The van der Waals surface area contributed by atoms with Crippen LogP contribution < -0.4 is 10.6 Å². The summed E-state index contributed by atoms with van der Waals surface area (Å²) in [5, 5.41) is 6.11. The Balaban J connectivity index is 1.77. The van der Waals surface area contributed by atoms with E-state index in [0.717, 1.165) is 11.1 Å². The summed E-state index contributed by atoms with van der Waals surface area (Å²) in [6.07, 6.45) is 2.99. The maximum Gasteiger partial charge on any atom is 0.268 e. The highest BCUT2D eigenvalue weighted by atomic mass is 35.5.